The molecule has 2 fully saturated rings. The van der Waals surface area contributed by atoms with Gasteiger partial charge in [0.05, 0.1) is 6.61 Å². The van der Waals surface area contributed by atoms with Crippen LogP contribution in [-0.2, 0) is 0 Å². The van der Waals surface area contributed by atoms with Gasteiger partial charge in [0.1, 0.15) is 0 Å². The van der Waals surface area contributed by atoms with E-state index in [-0.39, 0.29) is 12.1 Å². The summed E-state index contributed by atoms with van der Waals surface area (Å²) in [5.74, 6) is 0.740. The van der Waals surface area contributed by atoms with E-state index in [4.69, 9.17) is 5.73 Å². The molecule has 0 unspecified atom stereocenters. The number of anilines is 1. The first-order valence-corrected chi connectivity index (χ1v) is 9.65. The largest absolute Gasteiger partial charge is 0.394 e. The Hall–Kier alpha value is -1.06. The van der Waals surface area contributed by atoms with Gasteiger partial charge in [-0.2, -0.15) is 0 Å². The average Bonchev–Trinajstić information content (AvgIpc) is 2.58. The van der Waals surface area contributed by atoms with Gasteiger partial charge in [-0.05, 0) is 80.4 Å². The SMILES string of the molecule is CC1(C)CCC(c2ccc(NC3CCC(N)(CO)CC3)cc2)CC1. The predicted octanol–water partition coefficient (Wildman–Crippen LogP) is 4.41. The van der Waals surface area contributed by atoms with Crippen molar-refractivity contribution in [3.63, 3.8) is 0 Å². The van der Waals surface area contributed by atoms with E-state index in [0.29, 0.717) is 11.5 Å². The molecule has 134 valence electrons. The first kappa shape index (κ1) is 17.8. The standard InChI is InChI=1S/C21H34N2O/c1-20(2)11-7-17(8-12-20)16-3-5-18(6-4-16)23-19-9-13-21(22,15-24)14-10-19/h3-6,17,19,23-24H,7-15,22H2,1-2H3. The Labute approximate surface area is 147 Å². The molecule has 0 saturated heterocycles. The van der Waals surface area contributed by atoms with Gasteiger partial charge in [0, 0.05) is 17.3 Å². The van der Waals surface area contributed by atoms with E-state index in [2.05, 4.69) is 43.4 Å². The third kappa shape index (κ3) is 4.31. The van der Waals surface area contributed by atoms with Gasteiger partial charge in [-0.1, -0.05) is 26.0 Å². The summed E-state index contributed by atoms with van der Waals surface area (Å²) in [7, 11) is 0. The van der Waals surface area contributed by atoms with Crippen LogP contribution in [-0.4, -0.2) is 23.3 Å². The molecule has 24 heavy (non-hydrogen) atoms. The third-order valence-corrected chi connectivity index (χ3v) is 6.39. The molecule has 1 aromatic carbocycles. The Kier molecular flexibility index (Phi) is 5.22. The zero-order chi connectivity index (χ0) is 17.2. The van der Waals surface area contributed by atoms with Crippen molar-refractivity contribution in [3.8, 4) is 0 Å². The van der Waals surface area contributed by atoms with Crippen LogP contribution >= 0.6 is 0 Å². The Balaban J connectivity index is 1.52. The smallest absolute Gasteiger partial charge is 0.0611 e. The Morgan fingerprint density at radius 3 is 2.12 bits per heavy atom. The second-order valence-corrected chi connectivity index (χ2v) is 9.00. The fourth-order valence-corrected chi connectivity index (χ4v) is 4.31. The van der Waals surface area contributed by atoms with Gasteiger partial charge in [0.2, 0.25) is 0 Å². The first-order chi connectivity index (χ1) is 11.4. The van der Waals surface area contributed by atoms with Crippen molar-refractivity contribution in [1.29, 1.82) is 0 Å². The molecule has 2 saturated carbocycles. The molecule has 0 aliphatic heterocycles. The van der Waals surface area contributed by atoms with E-state index >= 15 is 0 Å². The molecule has 0 atom stereocenters. The normalized spacial score (nSPS) is 30.9. The van der Waals surface area contributed by atoms with Crippen molar-refractivity contribution >= 4 is 5.69 Å². The Morgan fingerprint density at radius 1 is 1.00 bits per heavy atom. The Morgan fingerprint density at radius 2 is 1.58 bits per heavy atom. The fraction of sp³-hybridized carbons (Fsp3) is 0.714. The molecular weight excluding hydrogens is 296 g/mol. The molecule has 4 N–H and O–H groups in total. The molecule has 0 aromatic heterocycles. The van der Waals surface area contributed by atoms with Crippen LogP contribution in [0.25, 0.3) is 0 Å². The van der Waals surface area contributed by atoms with E-state index in [0.717, 1.165) is 31.6 Å². The summed E-state index contributed by atoms with van der Waals surface area (Å²) >= 11 is 0. The van der Waals surface area contributed by atoms with Crippen LogP contribution in [0.1, 0.15) is 76.7 Å². The highest BCUT2D eigenvalue weighted by atomic mass is 16.3. The molecule has 0 amide bonds. The lowest BCUT2D eigenvalue weighted by molar-refractivity contribution is 0.152. The number of hydrogen-bond donors (Lipinski definition) is 3. The summed E-state index contributed by atoms with van der Waals surface area (Å²) in [6, 6.07) is 9.59. The molecule has 1 aromatic rings. The van der Waals surface area contributed by atoms with Gasteiger partial charge < -0.3 is 16.2 Å². The number of rotatable bonds is 4. The summed E-state index contributed by atoms with van der Waals surface area (Å²) in [6.45, 7) is 4.90. The monoisotopic (exact) mass is 330 g/mol. The number of nitrogens with one attached hydrogen (secondary N) is 1. The lowest BCUT2D eigenvalue weighted by Gasteiger charge is -2.36. The van der Waals surface area contributed by atoms with Gasteiger partial charge in [-0.3, -0.25) is 0 Å². The van der Waals surface area contributed by atoms with Crippen LogP contribution in [0, 0.1) is 5.41 Å². The van der Waals surface area contributed by atoms with Crippen molar-refractivity contribution in [2.75, 3.05) is 11.9 Å². The zero-order valence-electron chi connectivity index (χ0n) is 15.4. The molecule has 2 aliphatic carbocycles. The van der Waals surface area contributed by atoms with Crippen molar-refractivity contribution in [2.24, 2.45) is 11.1 Å². The number of hydrogen-bond acceptors (Lipinski definition) is 3. The first-order valence-electron chi connectivity index (χ1n) is 9.65. The fourth-order valence-electron chi connectivity index (χ4n) is 4.31. The predicted molar refractivity (Wildman–Crippen MR) is 101 cm³/mol. The number of aliphatic hydroxyl groups excluding tert-OH is 1. The zero-order valence-corrected chi connectivity index (χ0v) is 15.4. The summed E-state index contributed by atoms with van der Waals surface area (Å²) in [6.07, 6.45) is 9.20. The lowest BCUT2D eigenvalue weighted by atomic mass is 9.71. The van der Waals surface area contributed by atoms with Gasteiger partial charge in [0.25, 0.3) is 0 Å². The van der Waals surface area contributed by atoms with Crippen molar-refractivity contribution < 1.29 is 5.11 Å². The summed E-state index contributed by atoms with van der Waals surface area (Å²) in [5, 5.41) is 13.0. The third-order valence-electron chi connectivity index (χ3n) is 6.39. The maximum atomic E-state index is 9.37. The van der Waals surface area contributed by atoms with Crippen molar-refractivity contribution in [3.05, 3.63) is 29.8 Å². The molecule has 2 aliphatic rings. The van der Waals surface area contributed by atoms with Crippen LogP contribution in [0.15, 0.2) is 24.3 Å². The summed E-state index contributed by atoms with van der Waals surface area (Å²) < 4.78 is 0. The summed E-state index contributed by atoms with van der Waals surface area (Å²) in [5.41, 5.74) is 9.06. The highest BCUT2D eigenvalue weighted by molar-refractivity contribution is 5.46. The van der Waals surface area contributed by atoms with E-state index in [1.807, 2.05) is 0 Å². The maximum Gasteiger partial charge on any atom is 0.0611 e. The van der Waals surface area contributed by atoms with Crippen LogP contribution in [0.4, 0.5) is 5.69 Å². The topological polar surface area (TPSA) is 58.3 Å². The van der Waals surface area contributed by atoms with Gasteiger partial charge in [-0.15, -0.1) is 0 Å². The summed E-state index contributed by atoms with van der Waals surface area (Å²) in [4.78, 5) is 0. The highest BCUT2D eigenvalue weighted by Crippen LogP contribution is 2.42. The minimum absolute atomic E-state index is 0.104. The van der Waals surface area contributed by atoms with Gasteiger partial charge in [0.15, 0.2) is 0 Å². The number of aliphatic hydroxyl groups is 1. The van der Waals surface area contributed by atoms with Crippen LogP contribution < -0.4 is 11.1 Å². The van der Waals surface area contributed by atoms with Gasteiger partial charge in [-0.25, -0.2) is 0 Å². The number of nitrogens with two attached hydrogens (primary N) is 1. The second kappa shape index (κ2) is 7.05. The second-order valence-electron chi connectivity index (χ2n) is 9.00. The molecule has 0 spiro atoms. The molecule has 3 heteroatoms. The maximum absolute atomic E-state index is 9.37. The Bertz CT molecular complexity index is 519. The molecule has 0 heterocycles. The quantitative estimate of drug-likeness (QED) is 0.766. The molecule has 3 nitrogen and oxygen atoms in total. The van der Waals surface area contributed by atoms with E-state index < -0.39 is 0 Å². The van der Waals surface area contributed by atoms with Crippen LogP contribution in [0.3, 0.4) is 0 Å². The van der Waals surface area contributed by atoms with E-state index in [1.54, 1.807) is 0 Å². The minimum Gasteiger partial charge on any atom is -0.394 e. The molecule has 0 radical (unpaired) electrons. The van der Waals surface area contributed by atoms with Crippen LogP contribution in [0.2, 0.25) is 0 Å². The lowest BCUT2D eigenvalue weighted by Crippen LogP contribution is -2.48. The van der Waals surface area contributed by atoms with Crippen LogP contribution in [0.5, 0.6) is 0 Å². The van der Waals surface area contributed by atoms with Crippen molar-refractivity contribution in [2.45, 2.75) is 82.7 Å². The number of benzene rings is 1. The highest BCUT2D eigenvalue weighted by Gasteiger charge is 2.31. The van der Waals surface area contributed by atoms with E-state index in [9.17, 15) is 5.11 Å². The molecule has 0 bridgehead atoms. The minimum atomic E-state index is -0.350. The van der Waals surface area contributed by atoms with Gasteiger partial charge >= 0.3 is 0 Å². The molecule has 3 rings (SSSR count). The van der Waals surface area contributed by atoms with E-state index in [1.165, 1.54) is 36.9 Å². The average molecular weight is 331 g/mol. The molecular formula is C21H34N2O. The van der Waals surface area contributed by atoms with Crippen molar-refractivity contribution in [1.82, 2.24) is 0 Å².